The van der Waals surface area contributed by atoms with Gasteiger partial charge in [0.15, 0.2) is 0 Å². The van der Waals surface area contributed by atoms with Gasteiger partial charge >= 0.3 is 0 Å². The molecule has 1 heterocycles. The van der Waals surface area contributed by atoms with Crippen LogP contribution >= 0.6 is 12.4 Å². The summed E-state index contributed by atoms with van der Waals surface area (Å²) in [7, 11) is 0. The second-order valence-electron chi connectivity index (χ2n) is 3.32. The summed E-state index contributed by atoms with van der Waals surface area (Å²) >= 11 is 0. The van der Waals surface area contributed by atoms with E-state index >= 15 is 0 Å². The Morgan fingerprint density at radius 1 is 1.38 bits per heavy atom. The first kappa shape index (κ1) is 10.4. The number of hydrogen-bond acceptors (Lipinski definition) is 2. The van der Waals surface area contributed by atoms with Gasteiger partial charge in [-0.2, -0.15) is 0 Å². The Labute approximate surface area is 84.9 Å². The first-order valence-electron chi connectivity index (χ1n) is 4.45. The molecule has 1 aliphatic heterocycles. The molecular weight excluding hydrogens is 184 g/mol. The lowest BCUT2D eigenvalue weighted by Gasteiger charge is -2.10. The molecule has 0 radical (unpaired) electrons. The first-order chi connectivity index (χ1) is 5.86. The van der Waals surface area contributed by atoms with E-state index in [2.05, 4.69) is 17.4 Å². The lowest BCUT2D eigenvalue weighted by Crippen LogP contribution is -2.12. The zero-order valence-corrected chi connectivity index (χ0v) is 8.31. The van der Waals surface area contributed by atoms with E-state index in [1.54, 1.807) is 0 Å². The number of nitrogens with one attached hydrogen (secondary N) is 1. The Balaban J connectivity index is 0.000000845. The van der Waals surface area contributed by atoms with E-state index in [9.17, 15) is 0 Å². The molecule has 2 nitrogen and oxygen atoms in total. The molecule has 1 aromatic carbocycles. The third kappa shape index (κ3) is 2.36. The lowest BCUT2D eigenvalue weighted by molar-refractivity contribution is 0.648. The second-order valence-corrected chi connectivity index (χ2v) is 3.32. The maximum atomic E-state index is 5.70. The molecule has 2 rings (SSSR count). The summed E-state index contributed by atoms with van der Waals surface area (Å²) in [6, 6.07) is 8.68. The van der Waals surface area contributed by atoms with Gasteiger partial charge in [0.25, 0.3) is 0 Å². The maximum absolute atomic E-state index is 5.70. The fourth-order valence-electron chi connectivity index (χ4n) is 1.74. The molecule has 0 saturated carbocycles. The highest BCUT2D eigenvalue weighted by Crippen LogP contribution is 2.23. The summed E-state index contributed by atoms with van der Waals surface area (Å²) in [6.07, 6.45) is 2.52. The van der Waals surface area contributed by atoms with E-state index in [4.69, 9.17) is 5.73 Å². The summed E-state index contributed by atoms with van der Waals surface area (Å²) < 4.78 is 0. The van der Waals surface area contributed by atoms with Crippen molar-refractivity contribution in [1.29, 1.82) is 0 Å². The van der Waals surface area contributed by atoms with Crippen LogP contribution in [0.4, 0.5) is 5.69 Å². The summed E-state index contributed by atoms with van der Waals surface area (Å²) in [5, 5.41) is 3.44. The Bertz CT molecular complexity index is 269. The molecule has 3 N–H and O–H groups in total. The molecule has 0 bridgehead atoms. The SMILES string of the molecule is Cl.Nc1cccc([C@H]2CCCN2)c1. The van der Waals surface area contributed by atoms with Gasteiger partial charge in [0.1, 0.15) is 0 Å². The van der Waals surface area contributed by atoms with Crippen molar-refractivity contribution in [3.8, 4) is 0 Å². The molecule has 0 spiro atoms. The van der Waals surface area contributed by atoms with Gasteiger partial charge in [0.05, 0.1) is 0 Å². The third-order valence-corrected chi connectivity index (χ3v) is 2.37. The largest absolute Gasteiger partial charge is 0.399 e. The minimum atomic E-state index is 0. The molecule has 0 amide bonds. The van der Waals surface area contributed by atoms with Crippen LogP contribution in [0.25, 0.3) is 0 Å². The van der Waals surface area contributed by atoms with Crippen molar-refractivity contribution in [2.24, 2.45) is 0 Å². The van der Waals surface area contributed by atoms with Gasteiger partial charge in [-0.15, -0.1) is 12.4 Å². The molecule has 0 aliphatic carbocycles. The van der Waals surface area contributed by atoms with E-state index in [-0.39, 0.29) is 12.4 Å². The standard InChI is InChI=1S/C10H14N2.ClH/c11-9-4-1-3-8(7-9)10-5-2-6-12-10;/h1,3-4,7,10,12H,2,5-6,11H2;1H/t10-;/m1./s1. The van der Waals surface area contributed by atoms with Crippen LogP contribution in [0, 0.1) is 0 Å². The average molecular weight is 199 g/mol. The summed E-state index contributed by atoms with van der Waals surface area (Å²) in [5.41, 5.74) is 7.89. The first-order valence-corrected chi connectivity index (χ1v) is 4.45. The smallest absolute Gasteiger partial charge is 0.0321 e. The van der Waals surface area contributed by atoms with Crippen LogP contribution in [0.2, 0.25) is 0 Å². The molecule has 13 heavy (non-hydrogen) atoms. The molecule has 1 aliphatic rings. The highest BCUT2D eigenvalue weighted by atomic mass is 35.5. The van der Waals surface area contributed by atoms with Crippen LogP contribution in [0.15, 0.2) is 24.3 Å². The fraction of sp³-hybridized carbons (Fsp3) is 0.400. The normalized spacial score (nSPS) is 21.1. The van der Waals surface area contributed by atoms with Crippen molar-refractivity contribution in [2.45, 2.75) is 18.9 Å². The van der Waals surface area contributed by atoms with Gasteiger partial charge in [-0.25, -0.2) is 0 Å². The van der Waals surface area contributed by atoms with Crippen LogP contribution in [0.5, 0.6) is 0 Å². The predicted molar refractivity (Wildman–Crippen MR) is 58.1 cm³/mol. The van der Waals surface area contributed by atoms with E-state index in [0.717, 1.165) is 12.2 Å². The van der Waals surface area contributed by atoms with Crippen LogP contribution in [0.3, 0.4) is 0 Å². The van der Waals surface area contributed by atoms with Gasteiger partial charge < -0.3 is 11.1 Å². The van der Waals surface area contributed by atoms with Crippen molar-refractivity contribution in [2.75, 3.05) is 12.3 Å². The van der Waals surface area contributed by atoms with Crippen molar-refractivity contribution >= 4 is 18.1 Å². The Morgan fingerprint density at radius 3 is 2.85 bits per heavy atom. The minimum absolute atomic E-state index is 0. The van der Waals surface area contributed by atoms with E-state index in [1.165, 1.54) is 18.4 Å². The van der Waals surface area contributed by atoms with Gasteiger partial charge in [0, 0.05) is 11.7 Å². The van der Waals surface area contributed by atoms with Crippen molar-refractivity contribution in [3.63, 3.8) is 0 Å². The zero-order chi connectivity index (χ0) is 8.39. The highest BCUT2D eigenvalue weighted by Gasteiger charge is 2.15. The van der Waals surface area contributed by atoms with Crippen LogP contribution in [-0.4, -0.2) is 6.54 Å². The molecule has 0 aromatic heterocycles. The monoisotopic (exact) mass is 198 g/mol. The van der Waals surface area contributed by atoms with Crippen LogP contribution < -0.4 is 11.1 Å². The maximum Gasteiger partial charge on any atom is 0.0321 e. The van der Waals surface area contributed by atoms with Gasteiger partial charge in [-0.1, -0.05) is 12.1 Å². The van der Waals surface area contributed by atoms with Gasteiger partial charge in [-0.05, 0) is 37.1 Å². The highest BCUT2D eigenvalue weighted by molar-refractivity contribution is 5.85. The second kappa shape index (κ2) is 4.49. The van der Waals surface area contributed by atoms with Gasteiger partial charge in [-0.3, -0.25) is 0 Å². The van der Waals surface area contributed by atoms with Gasteiger partial charge in [0.2, 0.25) is 0 Å². The van der Waals surface area contributed by atoms with Crippen LogP contribution in [-0.2, 0) is 0 Å². The number of halogens is 1. The molecule has 3 heteroatoms. The minimum Gasteiger partial charge on any atom is -0.399 e. The third-order valence-electron chi connectivity index (χ3n) is 2.37. The quantitative estimate of drug-likeness (QED) is 0.679. The number of nitrogens with two attached hydrogens (primary N) is 1. The number of anilines is 1. The zero-order valence-electron chi connectivity index (χ0n) is 7.49. The Morgan fingerprint density at radius 2 is 2.23 bits per heavy atom. The molecule has 1 fully saturated rings. The van der Waals surface area contributed by atoms with E-state index in [0.29, 0.717) is 6.04 Å². The molecule has 1 saturated heterocycles. The fourth-order valence-corrected chi connectivity index (χ4v) is 1.74. The molecule has 72 valence electrons. The molecule has 0 unspecified atom stereocenters. The number of nitrogen functional groups attached to an aromatic ring is 1. The van der Waals surface area contributed by atoms with Crippen molar-refractivity contribution in [1.82, 2.24) is 5.32 Å². The summed E-state index contributed by atoms with van der Waals surface area (Å²) in [5.74, 6) is 0. The number of hydrogen-bond donors (Lipinski definition) is 2. The topological polar surface area (TPSA) is 38.0 Å². The van der Waals surface area contributed by atoms with Crippen molar-refractivity contribution in [3.05, 3.63) is 29.8 Å². The Hall–Kier alpha value is -0.730. The van der Waals surface area contributed by atoms with Crippen LogP contribution in [0.1, 0.15) is 24.4 Å². The molecular formula is C10H15ClN2. The summed E-state index contributed by atoms with van der Waals surface area (Å²) in [6.45, 7) is 1.14. The van der Waals surface area contributed by atoms with Crippen molar-refractivity contribution < 1.29 is 0 Å². The Kier molecular flexibility index (Phi) is 3.58. The predicted octanol–water partition coefficient (Wildman–Crippen LogP) is 2.12. The average Bonchev–Trinajstić information content (AvgIpc) is 2.56. The molecule has 1 atom stereocenters. The van der Waals surface area contributed by atoms with E-state index < -0.39 is 0 Å². The number of benzene rings is 1. The van der Waals surface area contributed by atoms with E-state index in [1.807, 2.05) is 12.1 Å². The summed E-state index contributed by atoms with van der Waals surface area (Å²) in [4.78, 5) is 0. The molecule has 1 aromatic rings. The lowest BCUT2D eigenvalue weighted by atomic mass is 10.1. The number of rotatable bonds is 1.